The van der Waals surface area contributed by atoms with Gasteiger partial charge in [0.15, 0.2) is 5.82 Å². The Kier molecular flexibility index (Phi) is 12.2. The molecule has 0 fully saturated rings. The standard InChI is InChI=1S/C39H47N5O7/c1-38(2,3)50-36(48)44(37(49)51-39(4,5)6)34-31-19-18-30(23-28(31)20-21-41-34)43-33(35(47)42-24-26-11-9-12-29(40)22-26)27-16-14-25(15-17-27)10-7-8-13-32(45)46/h9,11-12,14-23,33,43H,7-8,10,13,24,40H2,1-6H3,(H,42,47)(H,45,46). The van der Waals surface area contributed by atoms with Gasteiger partial charge < -0.3 is 30.9 Å². The minimum absolute atomic E-state index is 0.0397. The predicted octanol–water partition coefficient (Wildman–Crippen LogP) is 7.76. The van der Waals surface area contributed by atoms with Crippen molar-refractivity contribution in [1.29, 1.82) is 0 Å². The number of nitrogens with one attached hydrogen (secondary N) is 2. The van der Waals surface area contributed by atoms with E-state index in [0.717, 1.165) is 28.9 Å². The van der Waals surface area contributed by atoms with Gasteiger partial charge in [-0.3, -0.25) is 9.59 Å². The topological polar surface area (TPSA) is 173 Å². The fourth-order valence-electron chi connectivity index (χ4n) is 5.24. The second-order valence-corrected chi connectivity index (χ2v) is 14.2. The summed E-state index contributed by atoms with van der Waals surface area (Å²) < 4.78 is 11.1. The van der Waals surface area contributed by atoms with Gasteiger partial charge >= 0.3 is 18.2 Å². The third-order valence-electron chi connectivity index (χ3n) is 7.52. The zero-order valence-electron chi connectivity index (χ0n) is 30.0. The average Bonchev–Trinajstić information content (AvgIpc) is 3.03. The quantitative estimate of drug-likeness (QED) is 0.0846. The first kappa shape index (κ1) is 38.2. The maximum Gasteiger partial charge on any atom is 0.425 e. The summed E-state index contributed by atoms with van der Waals surface area (Å²) in [7, 11) is 0. The Balaban J connectivity index is 1.65. The van der Waals surface area contributed by atoms with Crippen LogP contribution in [-0.4, -0.2) is 45.4 Å². The van der Waals surface area contributed by atoms with Crippen molar-refractivity contribution in [1.82, 2.24) is 10.3 Å². The van der Waals surface area contributed by atoms with Crippen LogP contribution < -0.4 is 21.3 Å². The van der Waals surface area contributed by atoms with Crippen molar-refractivity contribution in [2.45, 2.75) is 91.0 Å². The molecule has 1 atom stereocenters. The molecule has 0 spiro atoms. The number of nitrogen functional groups attached to an aromatic ring is 1. The molecule has 4 rings (SSSR count). The molecule has 1 heterocycles. The summed E-state index contributed by atoms with van der Waals surface area (Å²) in [5, 5.41) is 16.4. The van der Waals surface area contributed by atoms with Crippen molar-refractivity contribution in [2.24, 2.45) is 0 Å². The van der Waals surface area contributed by atoms with Crippen LogP contribution in [0.1, 0.15) is 83.5 Å². The van der Waals surface area contributed by atoms with Gasteiger partial charge in [0.05, 0.1) is 0 Å². The molecular formula is C39H47N5O7. The number of benzene rings is 3. The first-order chi connectivity index (χ1) is 24.0. The lowest BCUT2D eigenvalue weighted by Crippen LogP contribution is -2.44. The predicted molar refractivity (Wildman–Crippen MR) is 197 cm³/mol. The first-order valence-corrected chi connectivity index (χ1v) is 16.8. The summed E-state index contributed by atoms with van der Waals surface area (Å²) in [5.74, 6) is -1.05. The molecule has 0 bridgehead atoms. The molecule has 12 nitrogen and oxygen atoms in total. The molecule has 1 unspecified atom stereocenters. The zero-order valence-corrected chi connectivity index (χ0v) is 30.0. The average molecular weight is 698 g/mol. The van der Waals surface area contributed by atoms with E-state index in [1.54, 1.807) is 77.9 Å². The Labute approximate surface area is 298 Å². The van der Waals surface area contributed by atoms with Crippen molar-refractivity contribution < 1.29 is 33.8 Å². The third kappa shape index (κ3) is 11.4. The number of fused-ring (bicyclic) bond motifs is 1. The van der Waals surface area contributed by atoms with E-state index in [9.17, 15) is 19.2 Å². The molecule has 0 aliphatic rings. The van der Waals surface area contributed by atoms with Crippen molar-refractivity contribution in [3.63, 3.8) is 0 Å². The molecule has 0 aliphatic carbocycles. The van der Waals surface area contributed by atoms with Crippen molar-refractivity contribution >= 4 is 52.0 Å². The maximum absolute atomic E-state index is 13.8. The number of nitrogens with two attached hydrogens (primary N) is 1. The smallest absolute Gasteiger partial charge is 0.425 e. The van der Waals surface area contributed by atoms with E-state index >= 15 is 0 Å². The molecule has 51 heavy (non-hydrogen) atoms. The van der Waals surface area contributed by atoms with Crippen molar-refractivity contribution in [2.75, 3.05) is 16.0 Å². The molecule has 3 aromatic carbocycles. The number of amides is 3. The highest BCUT2D eigenvalue weighted by Gasteiger charge is 2.34. The number of carbonyl (C=O) groups is 4. The van der Waals surface area contributed by atoms with E-state index in [1.807, 2.05) is 36.4 Å². The number of anilines is 3. The Morgan fingerprint density at radius 3 is 2.12 bits per heavy atom. The van der Waals surface area contributed by atoms with Crippen LogP contribution in [0.25, 0.3) is 10.8 Å². The number of unbranched alkanes of at least 4 members (excludes halogenated alkanes) is 1. The third-order valence-corrected chi connectivity index (χ3v) is 7.52. The van der Waals surface area contributed by atoms with Crippen LogP contribution in [-0.2, 0) is 32.0 Å². The molecular weight excluding hydrogens is 650 g/mol. The normalized spacial score (nSPS) is 12.1. The maximum atomic E-state index is 13.8. The first-order valence-electron chi connectivity index (χ1n) is 16.8. The Hall–Kier alpha value is -5.65. The van der Waals surface area contributed by atoms with E-state index in [-0.39, 0.29) is 24.7 Å². The highest BCUT2D eigenvalue weighted by molar-refractivity contribution is 6.14. The lowest BCUT2D eigenvalue weighted by molar-refractivity contribution is -0.137. The number of carboxylic acid groups (broad SMARTS) is 1. The van der Waals surface area contributed by atoms with Gasteiger partial charge in [0.1, 0.15) is 17.2 Å². The number of aromatic nitrogens is 1. The SMILES string of the molecule is CC(C)(C)OC(=O)N(C(=O)OC(C)(C)C)c1nccc2cc(NC(C(=O)NCc3cccc(N)c3)c3ccc(CCCCC(=O)O)cc3)ccc12. The largest absolute Gasteiger partial charge is 0.481 e. The van der Waals surface area contributed by atoms with E-state index in [1.165, 1.54) is 6.20 Å². The van der Waals surface area contributed by atoms with Gasteiger partial charge in [-0.1, -0.05) is 36.4 Å². The Morgan fingerprint density at radius 2 is 1.51 bits per heavy atom. The highest BCUT2D eigenvalue weighted by Crippen LogP contribution is 2.31. The van der Waals surface area contributed by atoms with Gasteiger partial charge in [-0.25, -0.2) is 14.6 Å². The molecule has 0 saturated carbocycles. The summed E-state index contributed by atoms with van der Waals surface area (Å²) in [4.78, 5) is 56.5. The number of nitrogens with zero attached hydrogens (tertiary/aromatic N) is 2. The number of aryl methyl sites for hydroxylation is 1. The van der Waals surface area contributed by atoms with Crippen LogP contribution in [0.4, 0.5) is 26.8 Å². The van der Waals surface area contributed by atoms with Crippen LogP contribution in [0.5, 0.6) is 0 Å². The molecule has 0 saturated heterocycles. The zero-order chi connectivity index (χ0) is 37.3. The minimum Gasteiger partial charge on any atom is -0.481 e. The number of carboxylic acids is 1. The van der Waals surface area contributed by atoms with Crippen LogP contribution >= 0.6 is 0 Å². The van der Waals surface area contributed by atoms with Gasteiger partial charge in [0.25, 0.3) is 0 Å². The number of imide groups is 1. The summed E-state index contributed by atoms with van der Waals surface area (Å²) >= 11 is 0. The van der Waals surface area contributed by atoms with Gasteiger partial charge in [-0.15, -0.1) is 0 Å². The summed E-state index contributed by atoms with van der Waals surface area (Å²) in [5.41, 5.74) is 7.96. The van der Waals surface area contributed by atoms with Gasteiger partial charge in [0.2, 0.25) is 5.91 Å². The Bertz CT molecular complexity index is 1830. The molecule has 270 valence electrons. The van der Waals surface area contributed by atoms with Crippen LogP contribution in [0.15, 0.2) is 79.0 Å². The molecule has 12 heteroatoms. The number of ether oxygens (including phenoxy) is 2. The van der Waals surface area contributed by atoms with E-state index < -0.39 is 35.4 Å². The second-order valence-electron chi connectivity index (χ2n) is 14.2. The van der Waals surface area contributed by atoms with Gasteiger partial charge in [-0.05, 0) is 119 Å². The van der Waals surface area contributed by atoms with Crippen LogP contribution in [0.3, 0.4) is 0 Å². The molecule has 5 N–H and O–H groups in total. The number of hydrogen-bond donors (Lipinski definition) is 4. The monoisotopic (exact) mass is 697 g/mol. The van der Waals surface area contributed by atoms with Gasteiger partial charge in [0, 0.05) is 35.9 Å². The fraction of sp³-hybridized carbons (Fsp3) is 0.359. The molecule has 1 aromatic heterocycles. The number of aliphatic carboxylic acids is 1. The number of pyridine rings is 1. The van der Waals surface area contributed by atoms with Crippen LogP contribution in [0, 0.1) is 0 Å². The lowest BCUT2D eigenvalue weighted by atomic mass is 10.0. The summed E-state index contributed by atoms with van der Waals surface area (Å²) in [6, 6.07) is 21.1. The second kappa shape index (κ2) is 16.4. The lowest BCUT2D eigenvalue weighted by Gasteiger charge is -2.28. The summed E-state index contributed by atoms with van der Waals surface area (Å²) in [6.45, 7) is 10.5. The van der Waals surface area contributed by atoms with Crippen LogP contribution in [0.2, 0.25) is 0 Å². The number of rotatable bonds is 12. The molecule has 4 aromatic rings. The minimum atomic E-state index is -0.929. The highest BCUT2D eigenvalue weighted by atomic mass is 16.6. The summed E-state index contributed by atoms with van der Waals surface area (Å²) in [6.07, 6.45) is 1.79. The van der Waals surface area contributed by atoms with E-state index in [2.05, 4.69) is 15.6 Å². The van der Waals surface area contributed by atoms with E-state index in [0.29, 0.717) is 34.1 Å². The Morgan fingerprint density at radius 1 is 0.843 bits per heavy atom. The van der Waals surface area contributed by atoms with Gasteiger partial charge in [-0.2, -0.15) is 4.90 Å². The number of hydrogen-bond acceptors (Lipinski definition) is 9. The molecule has 0 aliphatic heterocycles. The van der Waals surface area contributed by atoms with Crippen molar-refractivity contribution in [3.05, 3.63) is 95.7 Å². The molecule has 0 radical (unpaired) electrons. The van der Waals surface area contributed by atoms with Crippen molar-refractivity contribution in [3.8, 4) is 0 Å². The molecule has 3 amide bonds. The number of carbonyl (C=O) groups excluding carboxylic acids is 3. The van der Waals surface area contributed by atoms with E-state index in [4.69, 9.17) is 20.3 Å². The fourth-order valence-corrected chi connectivity index (χ4v) is 5.24.